The van der Waals surface area contributed by atoms with Gasteiger partial charge in [-0.25, -0.2) is 0 Å². The third kappa shape index (κ3) is 3.53. The predicted molar refractivity (Wildman–Crippen MR) is 44.7 cm³/mol. The Morgan fingerprint density at radius 2 is 2.42 bits per heavy atom. The smallest absolute Gasteiger partial charge is 0.303 e. The quantitative estimate of drug-likeness (QED) is 0.439. The number of carbonyl (C=O) groups is 1. The van der Waals surface area contributed by atoms with E-state index in [-0.39, 0.29) is 12.1 Å². The Kier molecular flexibility index (Phi) is 3.80. The Labute approximate surface area is 72.4 Å². The molecule has 0 radical (unpaired) electrons. The van der Waals surface area contributed by atoms with Crippen LogP contribution in [0.25, 0.3) is 0 Å². The maximum absolute atomic E-state index is 10.6. The Balaban J connectivity index is 2.38. The van der Waals surface area contributed by atoms with E-state index in [1.165, 1.54) is 6.92 Å². The number of ether oxygens (including phenoxy) is 2. The normalized spacial score (nSPS) is 26.9. The first kappa shape index (κ1) is 9.26. The topological polar surface area (TPSA) is 35.5 Å². The van der Waals surface area contributed by atoms with Crippen molar-refractivity contribution in [2.75, 3.05) is 13.2 Å². The second kappa shape index (κ2) is 4.93. The molecule has 0 spiro atoms. The molecule has 0 bridgehead atoms. The van der Waals surface area contributed by atoms with Gasteiger partial charge in [-0.05, 0) is 12.5 Å². The summed E-state index contributed by atoms with van der Waals surface area (Å²) in [5.74, 6) is -0.231. The minimum Gasteiger partial charge on any atom is -0.458 e. The highest BCUT2D eigenvalue weighted by Crippen LogP contribution is 2.05. The highest BCUT2D eigenvalue weighted by molar-refractivity contribution is 5.66. The minimum atomic E-state index is -0.231. The van der Waals surface area contributed by atoms with Crippen LogP contribution in [0, 0.1) is 0 Å². The Bertz CT molecular complexity index is 175. The summed E-state index contributed by atoms with van der Waals surface area (Å²) >= 11 is 0. The van der Waals surface area contributed by atoms with Gasteiger partial charge in [-0.15, -0.1) is 0 Å². The van der Waals surface area contributed by atoms with E-state index in [0.29, 0.717) is 6.61 Å². The summed E-state index contributed by atoms with van der Waals surface area (Å²) < 4.78 is 10.3. The average molecular weight is 170 g/mol. The van der Waals surface area contributed by atoms with E-state index >= 15 is 0 Å². The molecular formula is C9H14O3. The third-order valence-electron chi connectivity index (χ3n) is 1.64. The second-order valence-corrected chi connectivity index (χ2v) is 2.77. The van der Waals surface area contributed by atoms with Crippen molar-refractivity contribution in [3.63, 3.8) is 0 Å². The maximum atomic E-state index is 10.6. The molecule has 3 nitrogen and oxygen atoms in total. The number of hydrogen-bond acceptors (Lipinski definition) is 3. The SMILES string of the molecule is CC(=O)OC1/C=C/CCOCC1. The molecule has 0 N–H and O–H groups in total. The van der Waals surface area contributed by atoms with Crippen molar-refractivity contribution in [2.45, 2.75) is 25.9 Å². The van der Waals surface area contributed by atoms with E-state index in [2.05, 4.69) is 0 Å². The van der Waals surface area contributed by atoms with Crippen molar-refractivity contribution in [3.8, 4) is 0 Å². The average Bonchev–Trinajstić information content (AvgIpc) is 1.93. The first-order valence-corrected chi connectivity index (χ1v) is 4.20. The van der Waals surface area contributed by atoms with E-state index in [1.807, 2.05) is 12.2 Å². The summed E-state index contributed by atoms with van der Waals surface area (Å²) in [6.45, 7) is 2.86. The van der Waals surface area contributed by atoms with Crippen LogP contribution < -0.4 is 0 Å². The van der Waals surface area contributed by atoms with Gasteiger partial charge in [0, 0.05) is 13.3 Å². The van der Waals surface area contributed by atoms with Crippen molar-refractivity contribution in [1.29, 1.82) is 0 Å². The number of rotatable bonds is 1. The van der Waals surface area contributed by atoms with Gasteiger partial charge in [-0.1, -0.05) is 6.08 Å². The van der Waals surface area contributed by atoms with Crippen LogP contribution in [-0.4, -0.2) is 25.3 Å². The summed E-state index contributed by atoms with van der Waals surface area (Å²) in [6.07, 6.45) is 5.49. The molecule has 0 aromatic heterocycles. The highest BCUT2D eigenvalue weighted by Gasteiger charge is 2.08. The van der Waals surface area contributed by atoms with E-state index in [1.54, 1.807) is 0 Å². The second-order valence-electron chi connectivity index (χ2n) is 2.77. The van der Waals surface area contributed by atoms with Crippen LogP contribution in [0.1, 0.15) is 19.8 Å². The van der Waals surface area contributed by atoms with Gasteiger partial charge in [0.2, 0.25) is 0 Å². The summed E-state index contributed by atoms with van der Waals surface area (Å²) in [6, 6.07) is 0. The van der Waals surface area contributed by atoms with Gasteiger partial charge in [0.1, 0.15) is 6.10 Å². The highest BCUT2D eigenvalue weighted by atomic mass is 16.5. The Hall–Kier alpha value is -0.830. The largest absolute Gasteiger partial charge is 0.458 e. The van der Waals surface area contributed by atoms with Crippen LogP contribution in [0.4, 0.5) is 0 Å². The van der Waals surface area contributed by atoms with E-state index in [4.69, 9.17) is 9.47 Å². The molecular weight excluding hydrogens is 156 g/mol. The lowest BCUT2D eigenvalue weighted by Gasteiger charge is -2.15. The molecule has 12 heavy (non-hydrogen) atoms. The molecule has 1 rings (SSSR count). The van der Waals surface area contributed by atoms with Crippen molar-refractivity contribution < 1.29 is 14.3 Å². The summed E-state index contributed by atoms with van der Waals surface area (Å²) in [5, 5.41) is 0. The minimum absolute atomic E-state index is 0.0946. The molecule has 1 atom stereocenters. The van der Waals surface area contributed by atoms with E-state index < -0.39 is 0 Å². The number of hydrogen-bond donors (Lipinski definition) is 0. The lowest BCUT2D eigenvalue weighted by atomic mass is 10.2. The first-order chi connectivity index (χ1) is 5.79. The fraction of sp³-hybridized carbons (Fsp3) is 0.667. The molecule has 68 valence electrons. The maximum Gasteiger partial charge on any atom is 0.303 e. The zero-order valence-electron chi connectivity index (χ0n) is 7.29. The third-order valence-corrected chi connectivity index (χ3v) is 1.64. The Morgan fingerprint density at radius 3 is 3.17 bits per heavy atom. The van der Waals surface area contributed by atoms with Crippen molar-refractivity contribution >= 4 is 5.97 Å². The fourth-order valence-electron chi connectivity index (χ4n) is 1.11. The molecule has 0 aliphatic carbocycles. The lowest BCUT2D eigenvalue weighted by Crippen LogP contribution is -2.17. The molecule has 0 saturated carbocycles. The molecule has 1 unspecified atom stereocenters. The monoisotopic (exact) mass is 170 g/mol. The van der Waals surface area contributed by atoms with Crippen LogP contribution in [0.15, 0.2) is 12.2 Å². The lowest BCUT2D eigenvalue weighted by molar-refractivity contribution is -0.144. The van der Waals surface area contributed by atoms with Crippen molar-refractivity contribution in [1.82, 2.24) is 0 Å². The van der Waals surface area contributed by atoms with E-state index in [0.717, 1.165) is 19.4 Å². The molecule has 0 amide bonds. The predicted octanol–water partition coefficient (Wildman–Crippen LogP) is 1.28. The molecule has 3 heteroatoms. The van der Waals surface area contributed by atoms with Gasteiger partial charge in [0.15, 0.2) is 0 Å². The zero-order chi connectivity index (χ0) is 8.81. The summed E-state index contributed by atoms with van der Waals surface area (Å²) in [5.41, 5.74) is 0. The van der Waals surface area contributed by atoms with Gasteiger partial charge in [-0.3, -0.25) is 4.79 Å². The molecule has 0 saturated heterocycles. The number of carbonyl (C=O) groups excluding carboxylic acids is 1. The standard InChI is InChI=1S/C9H14O3/c1-8(10)12-9-4-2-3-6-11-7-5-9/h2,4,9H,3,5-7H2,1H3/b4-2+. The molecule has 0 fully saturated rings. The summed E-state index contributed by atoms with van der Waals surface area (Å²) in [7, 11) is 0. The van der Waals surface area contributed by atoms with E-state index in [9.17, 15) is 4.79 Å². The van der Waals surface area contributed by atoms with Crippen LogP contribution in [0.5, 0.6) is 0 Å². The molecule has 1 heterocycles. The molecule has 0 aromatic rings. The van der Waals surface area contributed by atoms with Gasteiger partial charge < -0.3 is 9.47 Å². The van der Waals surface area contributed by atoms with Crippen LogP contribution in [-0.2, 0) is 14.3 Å². The van der Waals surface area contributed by atoms with Crippen molar-refractivity contribution in [2.24, 2.45) is 0 Å². The Morgan fingerprint density at radius 1 is 1.58 bits per heavy atom. The first-order valence-electron chi connectivity index (χ1n) is 4.20. The molecule has 1 aliphatic heterocycles. The van der Waals surface area contributed by atoms with Crippen LogP contribution in [0.2, 0.25) is 0 Å². The van der Waals surface area contributed by atoms with Crippen LogP contribution >= 0.6 is 0 Å². The van der Waals surface area contributed by atoms with Crippen molar-refractivity contribution in [3.05, 3.63) is 12.2 Å². The fourth-order valence-corrected chi connectivity index (χ4v) is 1.11. The molecule has 0 aromatic carbocycles. The zero-order valence-corrected chi connectivity index (χ0v) is 7.29. The van der Waals surface area contributed by atoms with Gasteiger partial charge in [0.05, 0.1) is 13.2 Å². The van der Waals surface area contributed by atoms with Gasteiger partial charge >= 0.3 is 5.97 Å². The van der Waals surface area contributed by atoms with Gasteiger partial charge in [0.25, 0.3) is 0 Å². The summed E-state index contributed by atoms with van der Waals surface area (Å²) in [4.78, 5) is 10.6. The number of esters is 1. The van der Waals surface area contributed by atoms with Gasteiger partial charge in [-0.2, -0.15) is 0 Å². The molecule has 1 aliphatic rings. The van der Waals surface area contributed by atoms with Crippen LogP contribution in [0.3, 0.4) is 0 Å².